The molecule has 0 aromatic rings. The molecule has 0 aliphatic heterocycles. The fraction of sp³-hybridized carbons (Fsp3) is 1.00. The molecule has 0 N–H and O–H groups in total. The van der Waals surface area contributed by atoms with Crippen LogP contribution in [0.5, 0.6) is 0 Å². The molecule has 0 aliphatic carbocycles. The van der Waals surface area contributed by atoms with Crippen molar-refractivity contribution in [3.8, 4) is 0 Å². The van der Waals surface area contributed by atoms with Gasteiger partial charge in [-0.2, -0.15) is 0 Å². The molecule has 0 aliphatic rings. The Kier molecular flexibility index (Phi) is 14.1. The van der Waals surface area contributed by atoms with Crippen LogP contribution in [0.4, 0.5) is 0 Å². The molecule has 0 heterocycles. The lowest BCUT2D eigenvalue weighted by Crippen LogP contribution is -2.45. The molecular weight excluding hydrogens is 272 g/mol. The second kappa shape index (κ2) is 14.0. The fourth-order valence-electron chi connectivity index (χ4n) is 1.59. The highest BCUT2D eigenvalue weighted by Crippen LogP contribution is 2.19. The van der Waals surface area contributed by atoms with E-state index in [2.05, 4.69) is 27.3 Å². The molecule has 0 saturated heterocycles. The molecule has 0 atom stereocenters. The fourth-order valence-corrected chi connectivity index (χ4v) is 2.05. The Morgan fingerprint density at radius 3 is 1.45 bits per heavy atom. The van der Waals surface area contributed by atoms with Gasteiger partial charge < -0.3 is 18.6 Å². The van der Waals surface area contributed by atoms with Gasteiger partial charge in [0.25, 0.3) is 0 Å². The maximum atomic E-state index is 5.92. The summed E-state index contributed by atoms with van der Waals surface area (Å²) < 4.78 is 23.4. The van der Waals surface area contributed by atoms with Crippen LogP contribution in [-0.2, 0) is 18.6 Å². The minimum absolute atomic E-state index is 0.396. The third-order valence-electron chi connectivity index (χ3n) is 2.94. The van der Waals surface area contributed by atoms with Crippen LogP contribution in [0, 0.1) is 0 Å². The Balaban J connectivity index is 4.48. The van der Waals surface area contributed by atoms with Crippen molar-refractivity contribution < 1.29 is 18.6 Å². The average molecular weight is 307 g/mol. The summed E-state index contributed by atoms with van der Waals surface area (Å²) in [7, 11) is -0.491. The molecule has 20 heavy (non-hydrogen) atoms. The van der Waals surface area contributed by atoms with E-state index in [1.807, 2.05) is 0 Å². The van der Waals surface area contributed by atoms with Gasteiger partial charge in [-0.1, -0.05) is 46.6 Å². The van der Waals surface area contributed by atoms with Crippen molar-refractivity contribution in [2.75, 3.05) is 26.4 Å². The maximum absolute atomic E-state index is 5.92. The Morgan fingerprint density at radius 2 is 1.15 bits per heavy atom. The van der Waals surface area contributed by atoms with Gasteiger partial charge in [0.1, 0.15) is 6.61 Å². The summed E-state index contributed by atoms with van der Waals surface area (Å²) in [6.45, 7) is 10.9. The van der Waals surface area contributed by atoms with E-state index in [-0.39, 0.29) is 0 Å². The van der Waals surface area contributed by atoms with Gasteiger partial charge in [-0.3, -0.25) is 0 Å². The van der Waals surface area contributed by atoms with Gasteiger partial charge in [0.05, 0.1) is 19.8 Å². The van der Waals surface area contributed by atoms with Crippen LogP contribution in [0.2, 0.25) is 6.55 Å². The van der Waals surface area contributed by atoms with Crippen molar-refractivity contribution in [3.05, 3.63) is 0 Å². The lowest BCUT2D eigenvalue weighted by Gasteiger charge is -2.33. The number of hydrogen-bond acceptors (Lipinski definition) is 4. The summed E-state index contributed by atoms with van der Waals surface area (Å²) in [4.78, 5) is 0. The van der Waals surface area contributed by atoms with E-state index in [4.69, 9.17) is 18.6 Å². The highest BCUT2D eigenvalue weighted by molar-refractivity contribution is 6.24. The Bertz CT molecular complexity index is 176. The normalized spacial score (nSPS) is 12.6. The molecule has 122 valence electrons. The predicted octanol–water partition coefficient (Wildman–Crippen LogP) is 3.24. The van der Waals surface area contributed by atoms with Crippen LogP contribution >= 0.6 is 0 Å². The zero-order valence-corrected chi connectivity index (χ0v) is 15.3. The Hall–Kier alpha value is 0.0569. The second-order valence-electron chi connectivity index (χ2n) is 4.93. The standard InChI is InChI=1S/C15H34O4Si/c1-5-8-11-16-15(14-19-20-4,17-12-9-6-2)18-13-10-7-3/h5-14,20H2,1-4H3. The number of rotatable bonds is 15. The Labute approximate surface area is 127 Å². The molecule has 0 fully saturated rings. The zero-order valence-electron chi connectivity index (χ0n) is 13.9. The minimum atomic E-state index is -0.984. The Morgan fingerprint density at radius 1 is 0.750 bits per heavy atom. The summed E-state index contributed by atoms with van der Waals surface area (Å²) in [6, 6.07) is 0. The lowest BCUT2D eigenvalue weighted by molar-refractivity contribution is -0.389. The van der Waals surface area contributed by atoms with Crippen LogP contribution < -0.4 is 0 Å². The molecule has 0 unspecified atom stereocenters. The third-order valence-corrected chi connectivity index (χ3v) is 3.55. The first-order chi connectivity index (χ1) is 9.74. The molecular formula is C15H34O4Si. The van der Waals surface area contributed by atoms with E-state index >= 15 is 0 Å². The number of hydrogen-bond donors (Lipinski definition) is 0. The monoisotopic (exact) mass is 306 g/mol. The molecule has 0 bridgehead atoms. The summed E-state index contributed by atoms with van der Waals surface area (Å²) in [5.41, 5.74) is 0. The van der Waals surface area contributed by atoms with Crippen molar-refractivity contribution in [2.45, 2.75) is 71.8 Å². The molecule has 0 amide bonds. The van der Waals surface area contributed by atoms with Crippen molar-refractivity contribution in [1.82, 2.24) is 0 Å². The van der Waals surface area contributed by atoms with Gasteiger partial charge in [-0.15, -0.1) is 0 Å². The van der Waals surface area contributed by atoms with Crippen LogP contribution in [0.15, 0.2) is 0 Å². The molecule has 5 heteroatoms. The van der Waals surface area contributed by atoms with Gasteiger partial charge in [-0.05, 0) is 19.3 Å². The van der Waals surface area contributed by atoms with E-state index < -0.39 is 15.7 Å². The quantitative estimate of drug-likeness (QED) is 0.264. The molecule has 0 saturated carbocycles. The zero-order chi connectivity index (χ0) is 15.1. The summed E-state index contributed by atoms with van der Waals surface area (Å²) >= 11 is 0. The molecule has 0 aromatic carbocycles. The lowest BCUT2D eigenvalue weighted by atomic mass is 10.3. The highest BCUT2D eigenvalue weighted by atomic mass is 28.2. The molecule has 4 nitrogen and oxygen atoms in total. The summed E-state index contributed by atoms with van der Waals surface area (Å²) in [5, 5.41) is 0. The van der Waals surface area contributed by atoms with Crippen molar-refractivity contribution in [2.24, 2.45) is 0 Å². The number of ether oxygens (including phenoxy) is 3. The smallest absolute Gasteiger partial charge is 0.306 e. The second-order valence-corrected chi connectivity index (χ2v) is 5.91. The van der Waals surface area contributed by atoms with Crippen LogP contribution in [0.3, 0.4) is 0 Å². The molecule has 0 aromatic heterocycles. The SMILES string of the molecule is CCCCOC(CO[SiH2]C)(OCCCC)OCCCC. The van der Waals surface area contributed by atoms with Crippen LogP contribution in [0.25, 0.3) is 0 Å². The van der Waals surface area contributed by atoms with Gasteiger partial charge in [0.2, 0.25) is 0 Å². The minimum Gasteiger partial charge on any atom is -0.416 e. The van der Waals surface area contributed by atoms with Gasteiger partial charge in [0.15, 0.2) is 9.76 Å². The van der Waals surface area contributed by atoms with Gasteiger partial charge >= 0.3 is 5.97 Å². The van der Waals surface area contributed by atoms with E-state index in [9.17, 15) is 0 Å². The van der Waals surface area contributed by atoms with Crippen molar-refractivity contribution in [3.63, 3.8) is 0 Å². The first kappa shape index (κ1) is 20.1. The predicted molar refractivity (Wildman–Crippen MR) is 85.7 cm³/mol. The van der Waals surface area contributed by atoms with Gasteiger partial charge in [-0.25, -0.2) is 0 Å². The maximum Gasteiger partial charge on any atom is 0.306 e. The van der Waals surface area contributed by atoms with Crippen molar-refractivity contribution >= 4 is 9.76 Å². The molecule has 0 radical (unpaired) electrons. The molecule has 0 spiro atoms. The van der Waals surface area contributed by atoms with Crippen LogP contribution in [-0.4, -0.2) is 42.2 Å². The van der Waals surface area contributed by atoms with Crippen LogP contribution in [0.1, 0.15) is 59.3 Å². The third kappa shape index (κ3) is 9.88. The van der Waals surface area contributed by atoms with Crippen molar-refractivity contribution in [1.29, 1.82) is 0 Å². The number of unbranched alkanes of at least 4 members (excludes halogenated alkanes) is 3. The summed E-state index contributed by atoms with van der Waals surface area (Å²) in [6.07, 6.45) is 6.34. The topological polar surface area (TPSA) is 36.9 Å². The van der Waals surface area contributed by atoms with Gasteiger partial charge in [0, 0.05) is 0 Å². The van der Waals surface area contributed by atoms with E-state index in [1.54, 1.807) is 0 Å². The largest absolute Gasteiger partial charge is 0.416 e. The van der Waals surface area contributed by atoms with E-state index in [0.29, 0.717) is 26.4 Å². The first-order valence-electron chi connectivity index (χ1n) is 8.24. The highest BCUT2D eigenvalue weighted by Gasteiger charge is 2.33. The average Bonchev–Trinajstić information content (AvgIpc) is 2.46. The molecule has 0 rings (SSSR count). The summed E-state index contributed by atoms with van der Waals surface area (Å²) in [5.74, 6) is -0.984. The van der Waals surface area contributed by atoms with E-state index in [1.165, 1.54) is 0 Å². The van der Waals surface area contributed by atoms with E-state index in [0.717, 1.165) is 38.5 Å². The first-order valence-corrected chi connectivity index (χ1v) is 10.2.